The summed E-state index contributed by atoms with van der Waals surface area (Å²) in [5.41, 5.74) is 1.11. The lowest BCUT2D eigenvalue weighted by molar-refractivity contribution is -0.0809. The second kappa shape index (κ2) is 5.33. The number of hydrogen-bond donors (Lipinski definition) is 1. The van der Waals surface area contributed by atoms with Crippen LogP contribution < -0.4 is 5.32 Å². The molecule has 2 aliphatic rings. The van der Waals surface area contributed by atoms with Crippen molar-refractivity contribution >= 4 is 11.6 Å². The molecule has 0 unspecified atom stereocenters. The Bertz CT molecular complexity index is 701. The molecule has 2 aromatic heterocycles. The molecule has 2 fully saturated rings. The number of aromatic nitrogens is 3. The quantitative estimate of drug-likeness (QED) is 0.890. The molecule has 4 rings (SSSR count). The van der Waals surface area contributed by atoms with Gasteiger partial charge in [0.1, 0.15) is 6.33 Å². The highest BCUT2D eigenvalue weighted by Crippen LogP contribution is 2.43. The van der Waals surface area contributed by atoms with E-state index >= 15 is 0 Å². The van der Waals surface area contributed by atoms with Crippen LogP contribution in [0.15, 0.2) is 24.7 Å². The van der Waals surface area contributed by atoms with Crippen LogP contribution in [0, 0.1) is 11.8 Å². The summed E-state index contributed by atoms with van der Waals surface area (Å²) in [6.45, 7) is 1.36. The van der Waals surface area contributed by atoms with E-state index in [0.717, 1.165) is 13.0 Å². The largest absolute Gasteiger partial charge is 0.384 e. The highest BCUT2D eigenvalue weighted by atomic mass is 16.5. The predicted molar refractivity (Wildman–Crippen MR) is 77.5 cm³/mol. The average molecular weight is 302 g/mol. The van der Waals surface area contributed by atoms with Gasteiger partial charge in [-0.3, -0.25) is 9.20 Å². The molecule has 116 valence electrons. The lowest BCUT2D eigenvalue weighted by atomic mass is 9.67. The van der Waals surface area contributed by atoms with E-state index in [-0.39, 0.29) is 24.0 Å². The highest BCUT2D eigenvalue weighted by Gasteiger charge is 2.54. The highest BCUT2D eigenvalue weighted by molar-refractivity contribution is 5.99. The van der Waals surface area contributed by atoms with Crippen molar-refractivity contribution in [2.75, 3.05) is 20.3 Å². The number of amides is 1. The minimum Gasteiger partial charge on any atom is -0.384 e. The molecule has 2 aromatic rings. The summed E-state index contributed by atoms with van der Waals surface area (Å²) in [6, 6.07) is 3.69. The van der Waals surface area contributed by atoms with Crippen LogP contribution in [0.1, 0.15) is 16.8 Å². The average Bonchev–Trinajstić information content (AvgIpc) is 3.16. The van der Waals surface area contributed by atoms with E-state index in [9.17, 15) is 4.79 Å². The van der Waals surface area contributed by atoms with E-state index in [1.807, 2.05) is 12.3 Å². The van der Waals surface area contributed by atoms with Crippen LogP contribution >= 0.6 is 0 Å². The third kappa shape index (κ3) is 2.00. The van der Waals surface area contributed by atoms with Gasteiger partial charge in [0, 0.05) is 37.8 Å². The maximum Gasteiger partial charge on any atom is 0.255 e. The molecule has 0 radical (unpaired) electrons. The van der Waals surface area contributed by atoms with Crippen molar-refractivity contribution in [2.24, 2.45) is 11.8 Å². The van der Waals surface area contributed by atoms with Gasteiger partial charge in [-0.15, -0.1) is 10.2 Å². The first-order chi connectivity index (χ1) is 10.8. The van der Waals surface area contributed by atoms with E-state index < -0.39 is 0 Å². The van der Waals surface area contributed by atoms with Gasteiger partial charge in [-0.25, -0.2) is 0 Å². The number of carbonyl (C=O) groups is 1. The number of hydrogen-bond acceptors (Lipinski definition) is 5. The fourth-order valence-electron chi connectivity index (χ4n) is 3.69. The van der Waals surface area contributed by atoms with Gasteiger partial charge in [0.15, 0.2) is 5.65 Å². The zero-order chi connectivity index (χ0) is 15.1. The molecule has 1 aliphatic carbocycles. The molecule has 1 saturated heterocycles. The molecule has 3 heterocycles. The number of pyridine rings is 1. The molecule has 0 spiro atoms. The van der Waals surface area contributed by atoms with E-state index in [1.54, 1.807) is 23.9 Å². The molecular formula is C15H18N4O3. The van der Waals surface area contributed by atoms with Crippen molar-refractivity contribution in [1.82, 2.24) is 19.9 Å². The fourth-order valence-corrected chi connectivity index (χ4v) is 3.69. The number of nitrogens with zero attached hydrogens (tertiary/aromatic N) is 3. The lowest BCUT2D eigenvalue weighted by Crippen LogP contribution is -2.62. The van der Waals surface area contributed by atoms with Crippen molar-refractivity contribution < 1.29 is 14.3 Å². The third-order valence-electron chi connectivity index (χ3n) is 4.75. The zero-order valence-electron chi connectivity index (χ0n) is 12.3. The molecule has 0 bridgehead atoms. The minimum atomic E-state index is -0.116. The molecule has 7 nitrogen and oxygen atoms in total. The molecular weight excluding hydrogens is 284 g/mol. The molecule has 7 heteroatoms. The normalized spacial score (nSPS) is 30.0. The summed E-state index contributed by atoms with van der Waals surface area (Å²) in [5.74, 6) is 0.496. The Morgan fingerprint density at radius 2 is 2.50 bits per heavy atom. The van der Waals surface area contributed by atoms with E-state index in [4.69, 9.17) is 9.47 Å². The van der Waals surface area contributed by atoms with Gasteiger partial charge in [0.2, 0.25) is 0 Å². The Labute approximate surface area is 127 Å². The van der Waals surface area contributed by atoms with Crippen LogP contribution in [0.5, 0.6) is 0 Å². The topological polar surface area (TPSA) is 77.8 Å². The zero-order valence-corrected chi connectivity index (χ0v) is 12.3. The fraction of sp³-hybridized carbons (Fsp3) is 0.533. The number of ether oxygens (including phenoxy) is 2. The first-order valence-corrected chi connectivity index (χ1v) is 7.49. The van der Waals surface area contributed by atoms with Crippen LogP contribution in [0.2, 0.25) is 0 Å². The number of methoxy groups -OCH3 is 1. The Morgan fingerprint density at radius 3 is 3.36 bits per heavy atom. The van der Waals surface area contributed by atoms with Crippen LogP contribution in [0.25, 0.3) is 5.65 Å². The smallest absolute Gasteiger partial charge is 0.255 e. The van der Waals surface area contributed by atoms with Crippen LogP contribution in [-0.2, 0) is 9.47 Å². The molecule has 4 atom stereocenters. The van der Waals surface area contributed by atoms with Crippen molar-refractivity contribution in [3.8, 4) is 0 Å². The number of fused-ring (bicyclic) bond motifs is 2. The predicted octanol–water partition coefficient (Wildman–Crippen LogP) is 0.509. The van der Waals surface area contributed by atoms with Crippen molar-refractivity contribution in [2.45, 2.75) is 18.6 Å². The van der Waals surface area contributed by atoms with E-state index in [0.29, 0.717) is 23.7 Å². The van der Waals surface area contributed by atoms with Gasteiger partial charge in [-0.1, -0.05) is 0 Å². The number of rotatable bonds is 4. The molecule has 1 aliphatic heterocycles. The molecule has 1 saturated carbocycles. The maximum absolute atomic E-state index is 12.6. The molecule has 0 aromatic carbocycles. The molecule has 22 heavy (non-hydrogen) atoms. The van der Waals surface area contributed by atoms with Crippen LogP contribution in [0.3, 0.4) is 0 Å². The first-order valence-electron chi connectivity index (χ1n) is 7.49. The van der Waals surface area contributed by atoms with Crippen molar-refractivity contribution in [3.63, 3.8) is 0 Å². The van der Waals surface area contributed by atoms with Crippen LogP contribution in [0.4, 0.5) is 0 Å². The van der Waals surface area contributed by atoms with E-state index in [2.05, 4.69) is 15.5 Å². The summed E-state index contributed by atoms with van der Waals surface area (Å²) in [5, 5.41) is 11.0. The Balaban J connectivity index is 1.55. The summed E-state index contributed by atoms with van der Waals surface area (Å²) < 4.78 is 12.7. The monoisotopic (exact) mass is 302 g/mol. The summed E-state index contributed by atoms with van der Waals surface area (Å²) in [7, 11) is 1.68. The molecule has 1 amide bonds. The Kier molecular flexibility index (Phi) is 3.31. The van der Waals surface area contributed by atoms with Gasteiger partial charge in [0.25, 0.3) is 5.91 Å². The minimum absolute atomic E-state index is 0.100. The standard InChI is InChI=1S/C15H18N4O3/c1-21-7-11-12(9-4-6-22-13(9)11)17-15(20)10-3-2-5-19-8-16-18-14(10)19/h2-3,5,8-9,11-13H,4,6-7H2,1H3,(H,17,20)/t9-,11+,12+,13-/m0/s1. The van der Waals surface area contributed by atoms with Gasteiger partial charge in [-0.2, -0.15) is 0 Å². The number of carbonyl (C=O) groups excluding carboxylic acids is 1. The van der Waals surface area contributed by atoms with Gasteiger partial charge in [-0.05, 0) is 18.6 Å². The van der Waals surface area contributed by atoms with E-state index in [1.165, 1.54) is 0 Å². The van der Waals surface area contributed by atoms with Gasteiger partial charge in [0.05, 0.1) is 18.3 Å². The van der Waals surface area contributed by atoms with Crippen LogP contribution in [-0.4, -0.2) is 53.0 Å². The van der Waals surface area contributed by atoms with Gasteiger partial charge >= 0.3 is 0 Å². The summed E-state index contributed by atoms with van der Waals surface area (Å²) >= 11 is 0. The maximum atomic E-state index is 12.6. The second-order valence-corrected chi connectivity index (χ2v) is 5.89. The summed E-state index contributed by atoms with van der Waals surface area (Å²) in [6.07, 6.45) is 4.62. The lowest BCUT2D eigenvalue weighted by Gasteiger charge is -2.47. The first kappa shape index (κ1) is 13.7. The molecule has 1 N–H and O–H groups in total. The third-order valence-corrected chi connectivity index (χ3v) is 4.75. The number of nitrogens with one attached hydrogen (secondary N) is 1. The van der Waals surface area contributed by atoms with Gasteiger partial charge < -0.3 is 14.8 Å². The van der Waals surface area contributed by atoms with Crippen molar-refractivity contribution in [3.05, 3.63) is 30.2 Å². The summed E-state index contributed by atoms with van der Waals surface area (Å²) in [4.78, 5) is 12.6. The Hall–Kier alpha value is -1.99. The Morgan fingerprint density at radius 1 is 1.59 bits per heavy atom. The second-order valence-electron chi connectivity index (χ2n) is 5.89. The van der Waals surface area contributed by atoms with Crippen molar-refractivity contribution in [1.29, 1.82) is 0 Å². The SMILES string of the molecule is COC[C@@H]1[C@H](NC(=O)c2cccn3cnnc23)[C@@H]2CCO[C@H]12.